The Bertz CT molecular complexity index is 292. The minimum atomic E-state index is -1.13. The van der Waals surface area contributed by atoms with E-state index < -0.39 is 29.9 Å². The van der Waals surface area contributed by atoms with Crippen LogP contribution in [0.3, 0.4) is 0 Å². The van der Waals surface area contributed by atoms with Crippen molar-refractivity contribution >= 4 is 17.8 Å². The number of nitrogens with two attached hydrogens (primary N) is 1. The van der Waals surface area contributed by atoms with Gasteiger partial charge in [-0.15, -0.1) is 0 Å². The molecule has 5 N–H and O–H groups in total. The second-order valence-electron chi connectivity index (χ2n) is 3.81. The first kappa shape index (κ1) is 15.4. The summed E-state index contributed by atoms with van der Waals surface area (Å²) in [6.45, 7) is 1.34. The number of aliphatic carboxylic acids is 2. The zero-order valence-electron chi connectivity index (χ0n) is 9.68. The Labute approximate surface area is 99.0 Å². The van der Waals surface area contributed by atoms with E-state index in [9.17, 15) is 14.4 Å². The Balaban J connectivity index is 3.82. The molecule has 0 heterocycles. The molecule has 7 heteroatoms. The van der Waals surface area contributed by atoms with Crippen LogP contribution in [0.15, 0.2) is 0 Å². The molecule has 17 heavy (non-hydrogen) atoms. The second kappa shape index (κ2) is 7.61. The fourth-order valence-corrected chi connectivity index (χ4v) is 1.15. The van der Waals surface area contributed by atoms with Crippen LogP contribution in [0.25, 0.3) is 0 Å². The number of nitrogens with one attached hydrogen (secondary N) is 1. The number of hydrogen-bond acceptors (Lipinski definition) is 4. The van der Waals surface area contributed by atoms with E-state index >= 15 is 0 Å². The molecule has 0 radical (unpaired) electrons. The van der Waals surface area contributed by atoms with Crippen LogP contribution in [-0.2, 0) is 14.4 Å². The molecule has 0 fully saturated rings. The van der Waals surface area contributed by atoms with Gasteiger partial charge in [-0.3, -0.25) is 14.4 Å². The predicted octanol–water partition coefficient (Wildman–Crippen LogP) is -0.452. The smallest absolute Gasteiger partial charge is 0.325 e. The molecule has 0 saturated heterocycles. The first-order valence-electron chi connectivity index (χ1n) is 5.35. The van der Waals surface area contributed by atoms with Gasteiger partial charge >= 0.3 is 11.9 Å². The minimum absolute atomic E-state index is 0.0415. The third-order valence-corrected chi connectivity index (χ3v) is 2.22. The normalized spacial score (nSPS) is 13.8. The molecule has 1 amide bonds. The van der Waals surface area contributed by atoms with Crippen LogP contribution in [0.1, 0.15) is 32.6 Å². The number of carbonyl (C=O) groups is 3. The summed E-state index contributed by atoms with van der Waals surface area (Å²) in [5.41, 5.74) is 5.53. The SMILES string of the molecule is C[C@H](NC(=O)[C@@H](N)CCCCC(=O)O)C(=O)O. The molecule has 0 unspecified atom stereocenters. The van der Waals surface area contributed by atoms with Gasteiger partial charge in [0.15, 0.2) is 0 Å². The van der Waals surface area contributed by atoms with Gasteiger partial charge in [-0.25, -0.2) is 0 Å². The van der Waals surface area contributed by atoms with Crippen LogP contribution < -0.4 is 11.1 Å². The van der Waals surface area contributed by atoms with E-state index in [1.807, 2.05) is 0 Å². The van der Waals surface area contributed by atoms with E-state index in [4.69, 9.17) is 15.9 Å². The highest BCUT2D eigenvalue weighted by atomic mass is 16.4. The third-order valence-electron chi connectivity index (χ3n) is 2.22. The fraction of sp³-hybridized carbons (Fsp3) is 0.700. The molecule has 0 aromatic carbocycles. The second-order valence-corrected chi connectivity index (χ2v) is 3.81. The van der Waals surface area contributed by atoms with E-state index in [-0.39, 0.29) is 6.42 Å². The molecule has 2 atom stereocenters. The van der Waals surface area contributed by atoms with Gasteiger partial charge in [-0.2, -0.15) is 0 Å². The molecule has 0 aromatic heterocycles. The Morgan fingerprint density at radius 1 is 1.24 bits per heavy atom. The van der Waals surface area contributed by atoms with Crippen LogP contribution >= 0.6 is 0 Å². The van der Waals surface area contributed by atoms with Gasteiger partial charge in [0.25, 0.3) is 0 Å². The van der Waals surface area contributed by atoms with Crippen molar-refractivity contribution in [3.63, 3.8) is 0 Å². The summed E-state index contributed by atoms with van der Waals surface area (Å²) < 4.78 is 0. The molecular formula is C10H18N2O5. The van der Waals surface area contributed by atoms with Crippen molar-refractivity contribution < 1.29 is 24.6 Å². The molecule has 0 aromatic rings. The molecule has 0 bridgehead atoms. The molecule has 0 aliphatic heterocycles. The van der Waals surface area contributed by atoms with Gasteiger partial charge in [-0.1, -0.05) is 6.42 Å². The van der Waals surface area contributed by atoms with Gasteiger partial charge in [-0.05, 0) is 19.8 Å². The van der Waals surface area contributed by atoms with Crippen molar-refractivity contribution in [2.75, 3.05) is 0 Å². The molecule has 0 rings (SSSR count). The van der Waals surface area contributed by atoms with Crippen molar-refractivity contribution in [1.29, 1.82) is 0 Å². The summed E-state index contributed by atoms with van der Waals surface area (Å²) in [4.78, 5) is 32.1. The monoisotopic (exact) mass is 246 g/mol. The van der Waals surface area contributed by atoms with E-state index in [2.05, 4.69) is 5.32 Å². The number of rotatable bonds is 8. The highest BCUT2D eigenvalue weighted by Gasteiger charge is 2.18. The minimum Gasteiger partial charge on any atom is -0.481 e. The Hall–Kier alpha value is -1.63. The standard InChI is InChI=1S/C10H18N2O5/c1-6(10(16)17)12-9(15)7(11)4-2-3-5-8(13)14/h6-7H,2-5,11H2,1H3,(H,12,15)(H,13,14)(H,16,17)/t6-,7-/m0/s1. The first-order valence-corrected chi connectivity index (χ1v) is 5.35. The number of carboxylic acids is 2. The molecule has 0 saturated carbocycles. The summed E-state index contributed by atoms with van der Waals surface area (Å²) in [5.74, 6) is -2.55. The van der Waals surface area contributed by atoms with Crippen LogP contribution in [0, 0.1) is 0 Å². The van der Waals surface area contributed by atoms with Crippen molar-refractivity contribution in [2.24, 2.45) is 5.73 Å². The Morgan fingerprint density at radius 3 is 2.29 bits per heavy atom. The Morgan fingerprint density at radius 2 is 1.82 bits per heavy atom. The zero-order chi connectivity index (χ0) is 13.4. The lowest BCUT2D eigenvalue weighted by atomic mass is 10.1. The van der Waals surface area contributed by atoms with Crippen molar-refractivity contribution in [3.8, 4) is 0 Å². The lowest BCUT2D eigenvalue weighted by Gasteiger charge is -2.14. The van der Waals surface area contributed by atoms with Crippen molar-refractivity contribution in [1.82, 2.24) is 5.32 Å². The first-order chi connectivity index (χ1) is 7.84. The van der Waals surface area contributed by atoms with Crippen LogP contribution in [0.2, 0.25) is 0 Å². The third kappa shape index (κ3) is 7.29. The van der Waals surface area contributed by atoms with E-state index in [0.29, 0.717) is 19.3 Å². The lowest BCUT2D eigenvalue weighted by Crippen LogP contribution is -2.47. The molecule has 0 aliphatic carbocycles. The number of hydrogen-bond donors (Lipinski definition) is 4. The summed E-state index contributed by atoms with van der Waals surface area (Å²) in [7, 11) is 0. The van der Waals surface area contributed by atoms with E-state index in [0.717, 1.165) is 0 Å². The lowest BCUT2D eigenvalue weighted by molar-refractivity contribution is -0.141. The largest absolute Gasteiger partial charge is 0.481 e. The molecule has 0 spiro atoms. The maximum Gasteiger partial charge on any atom is 0.325 e. The topological polar surface area (TPSA) is 130 Å². The average Bonchev–Trinajstić information content (AvgIpc) is 2.23. The van der Waals surface area contributed by atoms with Gasteiger partial charge in [0.05, 0.1) is 6.04 Å². The fourth-order valence-electron chi connectivity index (χ4n) is 1.15. The van der Waals surface area contributed by atoms with Gasteiger partial charge < -0.3 is 21.3 Å². The highest BCUT2D eigenvalue weighted by molar-refractivity contribution is 5.86. The zero-order valence-corrected chi connectivity index (χ0v) is 9.68. The van der Waals surface area contributed by atoms with Crippen molar-refractivity contribution in [2.45, 2.75) is 44.7 Å². The summed E-state index contributed by atoms with van der Waals surface area (Å²) in [6.07, 6.45) is 1.35. The number of unbranched alkanes of at least 4 members (excludes halogenated alkanes) is 1. The maximum atomic E-state index is 11.4. The van der Waals surface area contributed by atoms with Gasteiger partial charge in [0, 0.05) is 6.42 Å². The number of carboxylic acid groups (broad SMARTS) is 2. The van der Waals surface area contributed by atoms with E-state index in [1.54, 1.807) is 0 Å². The predicted molar refractivity (Wildman–Crippen MR) is 59.3 cm³/mol. The summed E-state index contributed by atoms with van der Waals surface area (Å²) >= 11 is 0. The number of carbonyl (C=O) groups excluding carboxylic acids is 1. The molecule has 98 valence electrons. The maximum absolute atomic E-state index is 11.4. The van der Waals surface area contributed by atoms with Crippen LogP contribution in [-0.4, -0.2) is 40.1 Å². The number of amides is 1. The molecule has 0 aliphatic rings. The molecular weight excluding hydrogens is 228 g/mol. The van der Waals surface area contributed by atoms with Crippen LogP contribution in [0.5, 0.6) is 0 Å². The van der Waals surface area contributed by atoms with Gasteiger partial charge in [0.2, 0.25) is 5.91 Å². The Kier molecular flexibility index (Phi) is 6.88. The quantitative estimate of drug-likeness (QED) is 0.429. The van der Waals surface area contributed by atoms with E-state index in [1.165, 1.54) is 6.92 Å². The highest BCUT2D eigenvalue weighted by Crippen LogP contribution is 2.02. The van der Waals surface area contributed by atoms with Crippen molar-refractivity contribution in [3.05, 3.63) is 0 Å². The van der Waals surface area contributed by atoms with Gasteiger partial charge in [0.1, 0.15) is 6.04 Å². The molecule has 7 nitrogen and oxygen atoms in total. The summed E-state index contributed by atoms with van der Waals surface area (Å²) in [5, 5.41) is 19.2. The average molecular weight is 246 g/mol. The summed E-state index contributed by atoms with van der Waals surface area (Å²) in [6, 6.07) is -1.78. The van der Waals surface area contributed by atoms with Crippen LogP contribution in [0.4, 0.5) is 0 Å².